The van der Waals surface area contributed by atoms with Gasteiger partial charge in [-0.1, -0.05) is 13.8 Å². The van der Waals surface area contributed by atoms with E-state index in [2.05, 4.69) is 19.2 Å². The van der Waals surface area contributed by atoms with E-state index in [-0.39, 0.29) is 0 Å². The molecule has 0 spiro atoms. The van der Waals surface area contributed by atoms with Crippen molar-refractivity contribution >= 4 is 0 Å². The van der Waals surface area contributed by atoms with Crippen LogP contribution in [0.2, 0.25) is 0 Å². The molecule has 70 valence electrons. The largest absolute Gasteiger partial charge is 0.314 e. The predicted molar refractivity (Wildman–Crippen MR) is 52.1 cm³/mol. The maximum atomic E-state index is 3.64. The average Bonchev–Trinajstić information content (AvgIpc) is 2.29. The Morgan fingerprint density at radius 3 is 2.75 bits per heavy atom. The SMILES string of the molecule is CC(C)C1CCC2CNC(C2)C1. The van der Waals surface area contributed by atoms with Crippen LogP contribution in [0, 0.1) is 17.8 Å². The molecule has 12 heavy (non-hydrogen) atoms. The lowest BCUT2D eigenvalue weighted by Crippen LogP contribution is -2.27. The van der Waals surface area contributed by atoms with Gasteiger partial charge in [-0.25, -0.2) is 0 Å². The Hall–Kier alpha value is -0.0400. The highest BCUT2D eigenvalue weighted by molar-refractivity contribution is 4.87. The van der Waals surface area contributed by atoms with E-state index in [0.717, 1.165) is 23.8 Å². The number of fused-ring (bicyclic) bond motifs is 2. The van der Waals surface area contributed by atoms with E-state index < -0.39 is 0 Å². The van der Waals surface area contributed by atoms with Crippen molar-refractivity contribution in [2.45, 2.75) is 45.6 Å². The zero-order valence-electron chi connectivity index (χ0n) is 8.34. The first-order chi connectivity index (χ1) is 5.75. The second kappa shape index (κ2) is 3.37. The van der Waals surface area contributed by atoms with Gasteiger partial charge in [0.1, 0.15) is 0 Å². The molecule has 1 saturated heterocycles. The summed E-state index contributed by atoms with van der Waals surface area (Å²) in [5.41, 5.74) is 0. The third kappa shape index (κ3) is 1.66. The summed E-state index contributed by atoms with van der Waals surface area (Å²) in [6.45, 7) is 6.06. The van der Waals surface area contributed by atoms with Gasteiger partial charge in [-0.05, 0) is 50.0 Å². The van der Waals surface area contributed by atoms with Crippen LogP contribution >= 0.6 is 0 Å². The number of rotatable bonds is 1. The summed E-state index contributed by atoms with van der Waals surface area (Å²) in [7, 11) is 0. The number of hydrogen-bond donors (Lipinski definition) is 1. The van der Waals surface area contributed by atoms with Crippen LogP contribution < -0.4 is 5.32 Å². The molecule has 1 aliphatic heterocycles. The molecule has 3 atom stereocenters. The van der Waals surface area contributed by atoms with Crippen LogP contribution in [-0.2, 0) is 0 Å². The molecule has 0 radical (unpaired) electrons. The van der Waals surface area contributed by atoms with Gasteiger partial charge in [0.25, 0.3) is 0 Å². The van der Waals surface area contributed by atoms with E-state index >= 15 is 0 Å². The molecule has 1 aliphatic carbocycles. The monoisotopic (exact) mass is 167 g/mol. The molecule has 2 rings (SSSR count). The molecule has 2 aliphatic rings. The van der Waals surface area contributed by atoms with Crippen LogP contribution in [0.15, 0.2) is 0 Å². The highest BCUT2D eigenvalue weighted by atomic mass is 15.0. The van der Waals surface area contributed by atoms with Crippen molar-refractivity contribution in [3.8, 4) is 0 Å². The van der Waals surface area contributed by atoms with Crippen LogP contribution in [0.5, 0.6) is 0 Å². The Kier molecular flexibility index (Phi) is 2.40. The first kappa shape index (κ1) is 8.55. The van der Waals surface area contributed by atoms with Crippen molar-refractivity contribution in [3.05, 3.63) is 0 Å². The highest BCUT2D eigenvalue weighted by Gasteiger charge is 2.31. The lowest BCUT2D eigenvalue weighted by atomic mass is 9.87. The summed E-state index contributed by atoms with van der Waals surface area (Å²) < 4.78 is 0. The van der Waals surface area contributed by atoms with Crippen molar-refractivity contribution in [1.29, 1.82) is 0 Å². The fourth-order valence-electron chi connectivity index (χ4n) is 2.84. The van der Waals surface area contributed by atoms with Gasteiger partial charge in [0.2, 0.25) is 0 Å². The van der Waals surface area contributed by atoms with Gasteiger partial charge in [0, 0.05) is 6.04 Å². The lowest BCUT2D eigenvalue weighted by molar-refractivity contribution is 0.300. The highest BCUT2D eigenvalue weighted by Crippen LogP contribution is 2.34. The van der Waals surface area contributed by atoms with Crippen molar-refractivity contribution in [3.63, 3.8) is 0 Å². The second-order valence-corrected chi connectivity index (χ2v) is 5.02. The van der Waals surface area contributed by atoms with Gasteiger partial charge in [-0.2, -0.15) is 0 Å². The third-order valence-corrected chi connectivity index (χ3v) is 3.79. The van der Waals surface area contributed by atoms with Gasteiger partial charge in [-0.3, -0.25) is 0 Å². The third-order valence-electron chi connectivity index (χ3n) is 3.79. The molecule has 0 aromatic carbocycles. The molecule has 0 aromatic heterocycles. The van der Waals surface area contributed by atoms with Crippen LogP contribution in [0.3, 0.4) is 0 Å². The summed E-state index contributed by atoms with van der Waals surface area (Å²) in [6.07, 6.45) is 5.87. The van der Waals surface area contributed by atoms with Crippen LogP contribution in [-0.4, -0.2) is 12.6 Å². The van der Waals surface area contributed by atoms with E-state index in [4.69, 9.17) is 0 Å². The average molecular weight is 167 g/mol. The van der Waals surface area contributed by atoms with Crippen LogP contribution in [0.25, 0.3) is 0 Å². The normalized spacial score (nSPS) is 41.8. The van der Waals surface area contributed by atoms with E-state index in [1.165, 1.54) is 32.2 Å². The molecule has 2 bridgehead atoms. The Bertz CT molecular complexity index is 153. The van der Waals surface area contributed by atoms with Crippen molar-refractivity contribution in [1.82, 2.24) is 5.32 Å². The Morgan fingerprint density at radius 1 is 1.17 bits per heavy atom. The maximum Gasteiger partial charge on any atom is 0.00730 e. The first-order valence-electron chi connectivity index (χ1n) is 5.49. The van der Waals surface area contributed by atoms with E-state index in [1.54, 1.807) is 0 Å². The second-order valence-electron chi connectivity index (χ2n) is 5.02. The lowest BCUT2D eigenvalue weighted by Gasteiger charge is -2.23. The minimum atomic E-state index is 0.866. The maximum absolute atomic E-state index is 3.64. The summed E-state index contributed by atoms with van der Waals surface area (Å²) in [5.74, 6) is 2.90. The Morgan fingerprint density at radius 2 is 2.00 bits per heavy atom. The number of hydrogen-bond acceptors (Lipinski definition) is 1. The van der Waals surface area contributed by atoms with Crippen molar-refractivity contribution < 1.29 is 0 Å². The standard InChI is InChI=1S/C11H21N/c1-8(2)10-4-3-9-5-11(6-10)12-7-9/h8-12H,3-7H2,1-2H3. The van der Waals surface area contributed by atoms with Crippen molar-refractivity contribution in [2.75, 3.05) is 6.54 Å². The molecule has 0 aromatic rings. The minimum absolute atomic E-state index is 0.866. The summed E-state index contributed by atoms with van der Waals surface area (Å²) >= 11 is 0. The van der Waals surface area contributed by atoms with Gasteiger partial charge >= 0.3 is 0 Å². The molecule has 1 N–H and O–H groups in total. The fourth-order valence-corrected chi connectivity index (χ4v) is 2.84. The molecule has 3 unspecified atom stereocenters. The van der Waals surface area contributed by atoms with Gasteiger partial charge in [0.15, 0.2) is 0 Å². The molecule has 2 fully saturated rings. The molecule has 1 nitrogen and oxygen atoms in total. The molecule has 0 amide bonds. The first-order valence-corrected chi connectivity index (χ1v) is 5.49. The molecule has 1 heterocycles. The summed E-state index contributed by atoms with van der Waals surface area (Å²) in [6, 6.07) is 0.866. The quantitative estimate of drug-likeness (QED) is 0.632. The molecule has 1 heteroatoms. The van der Waals surface area contributed by atoms with Gasteiger partial charge in [0.05, 0.1) is 0 Å². The van der Waals surface area contributed by atoms with Crippen LogP contribution in [0.4, 0.5) is 0 Å². The predicted octanol–water partition coefficient (Wildman–Crippen LogP) is 2.42. The van der Waals surface area contributed by atoms with Crippen molar-refractivity contribution in [2.24, 2.45) is 17.8 Å². The molecule has 1 saturated carbocycles. The zero-order valence-corrected chi connectivity index (χ0v) is 8.34. The number of nitrogens with one attached hydrogen (secondary N) is 1. The fraction of sp³-hybridized carbons (Fsp3) is 1.00. The van der Waals surface area contributed by atoms with E-state index in [1.807, 2.05) is 0 Å². The topological polar surface area (TPSA) is 12.0 Å². The molecular formula is C11H21N. The van der Waals surface area contributed by atoms with Gasteiger partial charge in [-0.15, -0.1) is 0 Å². The Balaban J connectivity index is 1.96. The molecular weight excluding hydrogens is 146 g/mol. The zero-order chi connectivity index (χ0) is 8.55. The smallest absolute Gasteiger partial charge is 0.00730 e. The van der Waals surface area contributed by atoms with E-state index in [9.17, 15) is 0 Å². The summed E-state index contributed by atoms with van der Waals surface area (Å²) in [4.78, 5) is 0. The van der Waals surface area contributed by atoms with E-state index in [0.29, 0.717) is 0 Å². The minimum Gasteiger partial charge on any atom is -0.314 e. The summed E-state index contributed by atoms with van der Waals surface area (Å²) in [5, 5.41) is 3.64. The van der Waals surface area contributed by atoms with Crippen LogP contribution in [0.1, 0.15) is 39.5 Å². The Labute approximate surface area is 75.9 Å². The van der Waals surface area contributed by atoms with Gasteiger partial charge < -0.3 is 5.32 Å².